The van der Waals surface area contributed by atoms with Crippen LogP contribution in [0.15, 0.2) is 85.3 Å². The van der Waals surface area contributed by atoms with E-state index < -0.39 is 0 Å². The van der Waals surface area contributed by atoms with E-state index in [9.17, 15) is 9.59 Å². The van der Waals surface area contributed by atoms with Gasteiger partial charge in [-0.05, 0) is 61.4 Å². The Morgan fingerprint density at radius 3 is 2.29 bits per heavy atom. The average Bonchev–Trinajstić information content (AvgIpc) is 3.59. The molecule has 35 heavy (non-hydrogen) atoms. The lowest BCUT2D eigenvalue weighted by atomic mass is 9.95. The summed E-state index contributed by atoms with van der Waals surface area (Å²) in [5.74, 6) is 1.20. The molecular formula is C27H27N5O3. The van der Waals surface area contributed by atoms with Crippen LogP contribution in [-0.4, -0.2) is 51.3 Å². The number of likely N-dealkylation sites (tertiary alicyclic amines) is 1. The molecule has 0 atom stereocenters. The molecule has 8 heteroatoms. The van der Waals surface area contributed by atoms with Crippen LogP contribution >= 0.6 is 0 Å². The zero-order valence-corrected chi connectivity index (χ0v) is 19.5. The van der Waals surface area contributed by atoms with Crippen molar-refractivity contribution in [3.63, 3.8) is 0 Å². The Labute approximate surface area is 203 Å². The number of carbonyl (C=O) groups excluding carboxylic acids is 2. The standard InChI is InChI=1S/C27H27N5O3/c1-35-23-11-9-21(10-12-23)29-25(33)20-13-17-31(18-14-20)27(34)24-19-28-32(22-7-3-2-4-8-22)26(24)30-15-5-6-16-30/h2-12,15-16,19-20H,13-14,17-18H2,1H3,(H,29,33). The molecule has 2 amide bonds. The number of piperidine rings is 1. The summed E-state index contributed by atoms with van der Waals surface area (Å²) < 4.78 is 8.85. The Bertz CT molecular complexity index is 1290. The number of carbonyl (C=O) groups is 2. The maximum Gasteiger partial charge on any atom is 0.259 e. The van der Waals surface area contributed by atoms with Gasteiger partial charge >= 0.3 is 0 Å². The molecule has 8 nitrogen and oxygen atoms in total. The van der Waals surface area contributed by atoms with Crippen molar-refractivity contribution in [3.05, 3.63) is 90.9 Å². The number of benzene rings is 2. The fourth-order valence-electron chi connectivity index (χ4n) is 4.41. The van der Waals surface area contributed by atoms with Crippen molar-refractivity contribution in [3.8, 4) is 17.3 Å². The van der Waals surface area contributed by atoms with Crippen LogP contribution in [0.25, 0.3) is 11.5 Å². The first-order valence-electron chi connectivity index (χ1n) is 11.6. The quantitative estimate of drug-likeness (QED) is 0.460. The van der Waals surface area contributed by atoms with E-state index in [1.165, 1.54) is 0 Å². The number of nitrogens with one attached hydrogen (secondary N) is 1. The maximum absolute atomic E-state index is 13.5. The minimum Gasteiger partial charge on any atom is -0.497 e. The van der Waals surface area contributed by atoms with E-state index in [2.05, 4.69) is 10.4 Å². The number of amides is 2. The minimum atomic E-state index is -0.142. The van der Waals surface area contributed by atoms with E-state index in [4.69, 9.17) is 4.74 Å². The Morgan fingerprint density at radius 1 is 0.943 bits per heavy atom. The first-order chi connectivity index (χ1) is 17.1. The Hall–Kier alpha value is -4.33. The Balaban J connectivity index is 1.29. The number of nitrogens with zero attached hydrogens (tertiary/aromatic N) is 4. The number of hydrogen-bond acceptors (Lipinski definition) is 4. The molecule has 5 rings (SSSR count). The molecule has 1 aliphatic heterocycles. The predicted molar refractivity (Wildman–Crippen MR) is 133 cm³/mol. The molecule has 0 unspecified atom stereocenters. The second-order valence-corrected chi connectivity index (χ2v) is 8.50. The number of aromatic nitrogens is 3. The molecule has 1 saturated heterocycles. The van der Waals surface area contributed by atoms with Crippen molar-refractivity contribution in [2.45, 2.75) is 12.8 Å². The van der Waals surface area contributed by atoms with Gasteiger partial charge in [0.05, 0.1) is 19.0 Å². The van der Waals surface area contributed by atoms with Gasteiger partial charge in [0.2, 0.25) is 5.91 Å². The summed E-state index contributed by atoms with van der Waals surface area (Å²) >= 11 is 0. The molecule has 2 aromatic heterocycles. The minimum absolute atomic E-state index is 0.0211. The zero-order valence-electron chi connectivity index (χ0n) is 19.5. The van der Waals surface area contributed by atoms with E-state index in [0.717, 1.165) is 17.1 Å². The van der Waals surface area contributed by atoms with Crippen LogP contribution in [0.3, 0.4) is 0 Å². The van der Waals surface area contributed by atoms with Gasteiger partial charge < -0.3 is 19.5 Å². The summed E-state index contributed by atoms with van der Waals surface area (Å²) in [6.45, 7) is 1.03. The van der Waals surface area contributed by atoms with Crippen LogP contribution in [0.5, 0.6) is 5.75 Å². The normalized spacial score (nSPS) is 14.0. The Morgan fingerprint density at radius 2 is 1.63 bits per heavy atom. The molecular weight excluding hydrogens is 442 g/mol. The first kappa shape index (κ1) is 22.5. The van der Waals surface area contributed by atoms with Crippen molar-refractivity contribution < 1.29 is 14.3 Å². The van der Waals surface area contributed by atoms with Gasteiger partial charge in [-0.25, -0.2) is 4.68 Å². The van der Waals surface area contributed by atoms with Crippen molar-refractivity contribution >= 4 is 17.5 Å². The summed E-state index contributed by atoms with van der Waals surface area (Å²) in [5, 5.41) is 7.51. The maximum atomic E-state index is 13.5. The highest BCUT2D eigenvalue weighted by Crippen LogP contribution is 2.25. The molecule has 4 aromatic rings. The highest BCUT2D eigenvalue weighted by atomic mass is 16.5. The highest BCUT2D eigenvalue weighted by Gasteiger charge is 2.30. The van der Waals surface area contributed by atoms with Gasteiger partial charge in [0.25, 0.3) is 5.91 Å². The summed E-state index contributed by atoms with van der Waals surface area (Å²) in [7, 11) is 1.61. The number of rotatable bonds is 6. The topological polar surface area (TPSA) is 81.4 Å². The lowest BCUT2D eigenvalue weighted by Crippen LogP contribution is -2.41. The fourth-order valence-corrected chi connectivity index (χ4v) is 4.41. The average molecular weight is 470 g/mol. The highest BCUT2D eigenvalue weighted by molar-refractivity contribution is 5.98. The van der Waals surface area contributed by atoms with Gasteiger partial charge in [-0.2, -0.15) is 5.10 Å². The number of anilines is 1. The largest absolute Gasteiger partial charge is 0.497 e. The second kappa shape index (κ2) is 9.89. The van der Waals surface area contributed by atoms with E-state index in [-0.39, 0.29) is 17.7 Å². The van der Waals surface area contributed by atoms with Gasteiger partial charge in [0.1, 0.15) is 11.3 Å². The molecule has 1 N–H and O–H groups in total. The molecule has 1 aliphatic rings. The van der Waals surface area contributed by atoms with Crippen LogP contribution in [0.2, 0.25) is 0 Å². The molecule has 3 heterocycles. The van der Waals surface area contributed by atoms with Gasteiger partial charge in [0, 0.05) is 37.1 Å². The number of ether oxygens (including phenoxy) is 1. The van der Waals surface area contributed by atoms with Gasteiger partial charge in [-0.15, -0.1) is 0 Å². The van der Waals surface area contributed by atoms with Crippen LogP contribution in [-0.2, 0) is 4.79 Å². The molecule has 0 spiro atoms. The first-order valence-corrected chi connectivity index (χ1v) is 11.6. The molecule has 178 valence electrons. The van der Waals surface area contributed by atoms with Crippen molar-refractivity contribution in [1.82, 2.24) is 19.2 Å². The molecule has 0 aliphatic carbocycles. The number of para-hydroxylation sites is 1. The van der Waals surface area contributed by atoms with Crippen LogP contribution in [0.1, 0.15) is 23.2 Å². The van der Waals surface area contributed by atoms with Crippen molar-refractivity contribution in [1.29, 1.82) is 0 Å². The van der Waals surface area contributed by atoms with Gasteiger partial charge in [0.15, 0.2) is 5.82 Å². The van der Waals surface area contributed by atoms with E-state index in [0.29, 0.717) is 37.3 Å². The van der Waals surface area contributed by atoms with Gasteiger partial charge in [-0.3, -0.25) is 9.59 Å². The third-order valence-corrected chi connectivity index (χ3v) is 6.33. The number of methoxy groups -OCH3 is 1. The van der Waals surface area contributed by atoms with E-state index in [1.807, 2.05) is 88.6 Å². The molecule has 2 aromatic carbocycles. The van der Waals surface area contributed by atoms with Crippen molar-refractivity contribution in [2.75, 3.05) is 25.5 Å². The zero-order chi connectivity index (χ0) is 24.2. The number of hydrogen-bond donors (Lipinski definition) is 1. The third-order valence-electron chi connectivity index (χ3n) is 6.33. The smallest absolute Gasteiger partial charge is 0.259 e. The molecule has 1 fully saturated rings. The molecule has 0 saturated carbocycles. The summed E-state index contributed by atoms with van der Waals surface area (Å²) in [6.07, 6.45) is 6.66. The van der Waals surface area contributed by atoms with Crippen LogP contribution < -0.4 is 10.1 Å². The lowest BCUT2D eigenvalue weighted by Gasteiger charge is -2.31. The van der Waals surface area contributed by atoms with Crippen LogP contribution in [0, 0.1) is 5.92 Å². The van der Waals surface area contributed by atoms with E-state index in [1.54, 1.807) is 18.0 Å². The SMILES string of the molecule is COc1ccc(NC(=O)C2CCN(C(=O)c3cnn(-c4ccccc4)c3-n3cccc3)CC2)cc1. The van der Waals surface area contributed by atoms with E-state index >= 15 is 0 Å². The molecule has 0 bridgehead atoms. The van der Waals surface area contributed by atoms with Gasteiger partial charge in [-0.1, -0.05) is 18.2 Å². The molecule has 0 radical (unpaired) electrons. The van der Waals surface area contributed by atoms with Crippen LogP contribution in [0.4, 0.5) is 5.69 Å². The summed E-state index contributed by atoms with van der Waals surface area (Å²) in [6, 6.07) is 20.9. The monoisotopic (exact) mass is 469 g/mol. The lowest BCUT2D eigenvalue weighted by molar-refractivity contribution is -0.121. The summed E-state index contributed by atoms with van der Waals surface area (Å²) in [5.41, 5.74) is 2.15. The summed E-state index contributed by atoms with van der Waals surface area (Å²) in [4.78, 5) is 28.1. The fraction of sp³-hybridized carbons (Fsp3) is 0.222. The third kappa shape index (κ3) is 4.68. The van der Waals surface area contributed by atoms with Crippen molar-refractivity contribution in [2.24, 2.45) is 5.92 Å². The second-order valence-electron chi connectivity index (χ2n) is 8.50. The predicted octanol–water partition coefficient (Wildman–Crippen LogP) is 4.16. The Kier molecular flexibility index (Phi) is 6.34.